The third kappa shape index (κ3) is 0.703. The fourth-order valence-electron chi connectivity index (χ4n) is 3.21. The van der Waals surface area contributed by atoms with Crippen LogP contribution < -0.4 is 0 Å². The lowest BCUT2D eigenvalue weighted by Crippen LogP contribution is -2.39. The molecule has 0 spiro atoms. The highest BCUT2D eigenvalue weighted by atomic mass is 16.5. The van der Waals surface area contributed by atoms with E-state index in [-0.39, 0.29) is 5.60 Å². The van der Waals surface area contributed by atoms with E-state index in [1.165, 1.54) is 25.7 Å². The van der Waals surface area contributed by atoms with Gasteiger partial charge < -0.3 is 4.74 Å². The van der Waals surface area contributed by atoms with Crippen LogP contribution in [-0.4, -0.2) is 12.7 Å². The van der Waals surface area contributed by atoms with Crippen LogP contribution in [0.3, 0.4) is 0 Å². The van der Waals surface area contributed by atoms with Crippen molar-refractivity contribution in [3.8, 4) is 0 Å². The van der Waals surface area contributed by atoms with Crippen LogP contribution in [0.1, 0.15) is 39.5 Å². The zero-order valence-electron chi connectivity index (χ0n) is 7.81. The molecule has 0 aromatic heterocycles. The molecule has 2 fully saturated rings. The van der Waals surface area contributed by atoms with E-state index in [1.807, 2.05) is 7.11 Å². The first-order chi connectivity index (χ1) is 5.12. The summed E-state index contributed by atoms with van der Waals surface area (Å²) >= 11 is 0. The molecule has 2 rings (SSSR count). The van der Waals surface area contributed by atoms with E-state index in [2.05, 4.69) is 13.8 Å². The van der Waals surface area contributed by atoms with Gasteiger partial charge in [-0.15, -0.1) is 0 Å². The predicted octanol–water partition coefficient (Wildman–Crippen LogP) is 2.60. The van der Waals surface area contributed by atoms with Gasteiger partial charge in [0.1, 0.15) is 0 Å². The highest BCUT2D eigenvalue weighted by Crippen LogP contribution is 2.61. The maximum Gasteiger partial charge on any atom is 0.0732 e. The van der Waals surface area contributed by atoms with Crippen molar-refractivity contribution in [2.75, 3.05) is 7.11 Å². The monoisotopic (exact) mass is 154 g/mol. The first-order valence-electron chi connectivity index (χ1n) is 4.67. The molecule has 0 N–H and O–H groups in total. The summed E-state index contributed by atoms with van der Waals surface area (Å²) in [6, 6.07) is 0. The summed E-state index contributed by atoms with van der Waals surface area (Å²) in [5.41, 5.74) is 0.694. The lowest BCUT2D eigenvalue weighted by atomic mass is 9.79. The number of fused-ring (bicyclic) bond motifs is 2. The van der Waals surface area contributed by atoms with Crippen LogP contribution in [0.4, 0.5) is 0 Å². The van der Waals surface area contributed by atoms with Crippen molar-refractivity contribution in [1.29, 1.82) is 0 Å². The highest BCUT2D eigenvalue weighted by Gasteiger charge is 2.59. The summed E-state index contributed by atoms with van der Waals surface area (Å²) in [6.07, 6.45) is 5.53. The summed E-state index contributed by atoms with van der Waals surface area (Å²) in [5.74, 6) is 0.845. The van der Waals surface area contributed by atoms with E-state index in [1.54, 1.807) is 0 Å². The lowest BCUT2D eigenvalue weighted by molar-refractivity contribution is -0.0700. The van der Waals surface area contributed by atoms with E-state index < -0.39 is 0 Å². The number of methoxy groups -OCH3 is 1. The summed E-state index contributed by atoms with van der Waals surface area (Å²) in [7, 11) is 1.88. The minimum absolute atomic E-state index is 0.201. The van der Waals surface area contributed by atoms with Crippen LogP contribution in [-0.2, 0) is 4.74 Å². The Labute approximate surface area is 69.1 Å². The van der Waals surface area contributed by atoms with E-state index in [0.29, 0.717) is 5.41 Å². The molecule has 1 atom stereocenters. The van der Waals surface area contributed by atoms with Gasteiger partial charge in [-0.05, 0) is 43.9 Å². The fraction of sp³-hybridized carbons (Fsp3) is 1.00. The van der Waals surface area contributed by atoms with Gasteiger partial charge >= 0.3 is 0 Å². The smallest absolute Gasteiger partial charge is 0.0732 e. The van der Waals surface area contributed by atoms with Crippen molar-refractivity contribution in [3.63, 3.8) is 0 Å². The van der Waals surface area contributed by atoms with Gasteiger partial charge in [0, 0.05) is 7.11 Å². The quantitative estimate of drug-likeness (QED) is 0.564. The number of hydrogen-bond acceptors (Lipinski definition) is 1. The topological polar surface area (TPSA) is 9.23 Å². The molecule has 2 aliphatic rings. The molecule has 1 heteroatoms. The Balaban J connectivity index is 2.34. The Morgan fingerprint density at radius 1 is 1.18 bits per heavy atom. The third-order valence-corrected chi connectivity index (χ3v) is 4.49. The molecule has 2 bridgehead atoms. The Bertz CT molecular complexity index is 168. The predicted molar refractivity (Wildman–Crippen MR) is 45.5 cm³/mol. The average Bonchev–Trinajstić information content (AvgIpc) is 2.39. The molecule has 0 radical (unpaired) electrons. The summed E-state index contributed by atoms with van der Waals surface area (Å²) in [6.45, 7) is 4.70. The van der Waals surface area contributed by atoms with Crippen LogP contribution in [0.2, 0.25) is 0 Å². The molecule has 1 unspecified atom stereocenters. The Morgan fingerprint density at radius 2 is 1.73 bits per heavy atom. The Hall–Kier alpha value is -0.0400. The van der Waals surface area contributed by atoms with Gasteiger partial charge in [-0.25, -0.2) is 0 Å². The number of hydrogen-bond donors (Lipinski definition) is 0. The van der Waals surface area contributed by atoms with Crippen LogP contribution in [0.25, 0.3) is 0 Å². The molecule has 0 aliphatic heterocycles. The zero-order valence-corrected chi connectivity index (χ0v) is 7.81. The van der Waals surface area contributed by atoms with Crippen molar-refractivity contribution in [2.24, 2.45) is 11.3 Å². The summed E-state index contributed by atoms with van der Waals surface area (Å²) in [4.78, 5) is 0. The van der Waals surface area contributed by atoms with Gasteiger partial charge in [0.15, 0.2) is 0 Å². The second-order valence-electron chi connectivity index (χ2n) is 4.65. The minimum atomic E-state index is 0.201. The van der Waals surface area contributed by atoms with Gasteiger partial charge in [0.2, 0.25) is 0 Å². The molecule has 2 aliphatic carbocycles. The van der Waals surface area contributed by atoms with Crippen molar-refractivity contribution in [1.82, 2.24) is 0 Å². The molecule has 0 aromatic carbocycles. The molecule has 2 saturated carbocycles. The fourth-order valence-corrected chi connectivity index (χ4v) is 3.21. The molecule has 0 aromatic rings. The normalized spacial score (nSPS) is 55.4. The van der Waals surface area contributed by atoms with E-state index in [0.717, 1.165) is 5.92 Å². The van der Waals surface area contributed by atoms with Crippen molar-refractivity contribution in [2.45, 2.75) is 45.1 Å². The first kappa shape index (κ1) is 7.60. The molecule has 11 heavy (non-hydrogen) atoms. The van der Waals surface area contributed by atoms with Gasteiger partial charge in [0.05, 0.1) is 5.60 Å². The maximum atomic E-state index is 5.69. The van der Waals surface area contributed by atoms with Gasteiger partial charge in [-0.2, -0.15) is 0 Å². The zero-order chi connectivity index (χ0) is 8.11. The standard InChI is InChI=1S/C10H18O/c1-9-6-4-8(5-7-9)10(9,2)11-3/h8H,4-7H2,1-3H3. The Kier molecular flexibility index (Phi) is 1.39. The highest BCUT2D eigenvalue weighted by molar-refractivity contribution is 5.09. The molecular formula is C10H18O. The Morgan fingerprint density at radius 3 is 1.91 bits per heavy atom. The summed E-state index contributed by atoms with van der Waals surface area (Å²) in [5, 5.41) is 0. The molecule has 0 amide bonds. The van der Waals surface area contributed by atoms with Crippen molar-refractivity contribution < 1.29 is 4.74 Å². The molecular weight excluding hydrogens is 136 g/mol. The molecule has 1 nitrogen and oxygen atoms in total. The molecule has 0 heterocycles. The van der Waals surface area contributed by atoms with E-state index >= 15 is 0 Å². The van der Waals surface area contributed by atoms with Gasteiger partial charge in [-0.3, -0.25) is 0 Å². The molecule has 0 saturated heterocycles. The van der Waals surface area contributed by atoms with E-state index in [4.69, 9.17) is 4.74 Å². The largest absolute Gasteiger partial charge is 0.378 e. The second-order valence-corrected chi connectivity index (χ2v) is 4.65. The number of rotatable bonds is 1. The lowest BCUT2D eigenvalue weighted by Gasteiger charge is -2.36. The van der Waals surface area contributed by atoms with Gasteiger partial charge in [0.25, 0.3) is 0 Å². The third-order valence-electron chi connectivity index (χ3n) is 4.49. The maximum absolute atomic E-state index is 5.69. The van der Waals surface area contributed by atoms with Crippen LogP contribution >= 0.6 is 0 Å². The number of ether oxygens (including phenoxy) is 1. The van der Waals surface area contributed by atoms with Crippen LogP contribution in [0.5, 0.6) is 0 Å². The minimum Gasteiger partial charge on any atom is -0.378 e. The van der Waals surface area contributed by atoms with E-state index in [9.17, 15) is 0 Å². The average molecular weight is 154 g/mol. The van der Waals surface area contributed by atoms with Gasteiger partial charge in [-0.1, -0.05) is 6.92 Å². The summed E-state index contributed by atoms with van der Waals surface area (Å²) < 4.78 is 5.69. The van der Waals surface area contributed by atoms with Crippen molar-refractivity contribution >= 4 is 0 Å². The first-order valence-corrected chi connectivity index (χ1v) is 4.67. The second kappa shape index (κ2) is 2.01. The SMILES string of the molecule is COC1(C)C2CCC1(C)CC2. The molecule has 64 valence electrons. The van der Waals surface area contributed by atoms with Crippen LogP contribution in [0.15, 0.2) is 0 Å². The van der Waals surface area contributed by atoms with Crippen molar-refractivity contribution in [3.05, 3.63) is 0 Å². The van der Waals surface area contributed by atoms with Crippen LogP contribution in [0, 0.1) is 11.3 Å².